The fourth-order valence-corrected chi connectivity index (χ4v) is 3.07. The van der Waals surface area contributed by atoms with E-state index >= 15 is 0 Å². The Balaban J connectivity index is 1.74. The van der Waals surface area contributed by atoms with Crippen molar-refractivity contribution in [1.82, 2.24) is 5.32 Å². The molecule has 1 atom stereocenters. The largest absolute Gasteiger partial charge is 0.371 e. The summed E-state index contributed by atoms with van der Waals surface area (Å²) in [4.78, 5) is 2.51. The van der Waals surface area contributed by atoms with Gasteiger partial charge in [-0.3, -0.25) is 0 Å². The van der Waals surface area contributed by atoms with Gasteiger partial charge in [-0.1, -0.05) is 36.4 Å². The van der Waals surface area contributed by atoms with E-state index in [1.54, 1.807) is 0 Å². The number of nitrogens with one attached hydrogen (secondary N) is 1. The lowest BCUT2D eigenvalue weighted by molar-refractivity contribution is 0.652. The molecule has 3 rings (SSSR count). The summed E-state index contributed by atoms with van der Waals surface area (Å²) in [6.45, 7) is 4.41. The van der Waals surface area contributed by atoms with E-state index in [4.69, 9.17) is 0 Å². The number of anilines is 1. The van der Waals surface area contributed by atoms with Gasteiger partial charge in [0, 0.05) is 24.8 Å². The molecule has 2 aromatic carbocycles. The molecule has 1 aliphatic rings. The molecule has 0 saturated carbocycles. The molecule has 2 nitrogen and oxygen atoms in total. The first-order valence-corrected chi connectivity index (χ1v) is 7.87. The fraction of sp³-hybridized carbons (Fsp3) is 0.368. The van der Waals surface area contributed by atoms with Gasteiger partial charge in [-0.25, -0.2) is 0 Å². The Morgan fingerprint density at radius 3 is 2.00 bits per heavy atom. The molecule has 0 bridgehead atoms. The second-order valence-corrected chi connectivity index (χ2v) is 5.86. The van der Waals surface area contributed by atoms with Gasteiger partial charge in [0.15, 0.2) is 0 Å². The van der Waals surface area contributed by atoms with Gasteiger partial charge in [-0.2, -0.15) is 0 Å². The molecule has 110 valence electrons. The Kier molecular flexibility index (Phi) is 4.26. The van der Waals surface area contributed by atoms with Crippen LogP contribution in [0, 0.1) is 0 Å². The summed E-state index contributed by atoms with van der Waals surface area (Å²) < 4.78 is 0. The van der Waals surface area contributed by atoms with Crippen molar-refractivity contribution in [3.05, 3.63) is 65.2 Å². The lowest BCUT2D eigenvalue weighted by Gasteiger charge is -2.23. The van der Waals surface area contributed by atoms with Gasteiger partial charge in [0.05, 0.1) is 0 Å². The molecule has 0 aromatic heterocycles. The van der Waals surface area contributed by atoms with Gasteiger partial charge in [-0.05, 0) is 55.6 Å². The van der Waals surface area contributed by atoms with E-state index in [0.29, 0.717) is 6.04 Å². The van der Waals surface area contributed by atoms with Gasteiger partial charge in [0.2, 0.25) is 0 Å². The van der Waals surface area contributed by atoms with E-state index in [1.165, 1.54) is 22.4 Å². The van der Waals surface area contributed by atoms with Gasteiger partial charge >= 0.3 is 0 Å². The maximum atomic E-state index is 3.29. The molecule has 0 fully saturated rings. The fourth-order valence-electron chi connectivity index (χ4n) is 3.07. The highest BCUT2D eigenvalue weighted by atomic mass is 15.1. The van der Waals surface area contributed by atoms with Gasteiger partial charge < -0.3 is 10.2 Å². The molecule has 2 heteroatoms. The van der Waals surface area contributed by atoms with Crippen molar-refractivity contribution in [3.8, 4) is 0 Å². The van der Waals surface area contributed by atoms with E-state index < -0.39 is 0 Å². The Morgan fingerprint density at radius 2 is 1.48 bits per heavy atom. The van der Waals surface area contributed by atoms with Crippen LogP contribution in [0.25, 0.3) is 0 Å². The maximum absolute atomic E-state index is 3.29. The molecule has 0 amide bonds. The zero-order chi connectivity index (χ0) is 14.7. The standard InChI is InChI=1S/C19H24N2/c1-15(20-2)16-7-9-19(10-8-16)21-13-11-17-5-3-4-6-18(17)12-14-21/h3-10,15,20H,11-14H2,1-2H3. The van der Waals surface area contributed by atoms with Crippen molar-refractivity contribution in [2.45, 2.75) is 25.8 Å². The Hall–Kier alpha value is -1.80. The first-order valence-electron chi connectivity index (χ1n) is 7.87. The molecule has 0 radical (unpaired) electrons. The van der Waals surface area contributed by atoms with Crippen LogP contribution in [0.15, 0.2) is 48.5 Å². The lowest BCUT2D eigenvalue weighted by Crippen LogP contribution is -2.26. The summed E-state index contributed by atoms with van der Waals surface area (Å²) in [6.07, 6.45) is 2.29. The third-order valence-electron chi connectivity index (χ3n) is 4.61. The van der Waals surface area contributed by atoms with Crippen molar-refractivity contribution in [3.63, 3.8) is 0 Å². The zero-order valence-electron chi connectivity index (χ0n) is 13.0. The number of hydrogen-bond donors (Lipinski definition) is 1. The van der Waals surface area contributed by atoms with Gasteiger partial charge in [-0.15, -0.1) is 0 Å². The predicted molar refractivity (Wildman–Crippen MR) is 90.0 cm³/mol. The molecule has 0 saturated heterocycles. The van der Waals surface area contributed by atoms with E-state index in [2.05, 4.69) is 65.7 Å². The van der Waals surface area contributed by atoms with Crippen LogP contribution in [0.3, 0.4) is 0 Å². The summed E-state index contributed by atoms with van der Waals surface area (Å²) in [5.74, 6) is 0. The van der Waals surface area contributed by atoms with Gasteiger partial charge in [0.25, 0.3) is 0 Å². The summed E-state index contributed by atoms with van der Waals surface area (Å²) in [6, 6.07) is 18.3. The third-order valence-corrected chi connectivity index (χ3v) is 4.61. The van der Waals surface area contributed by atoms with Crippen LogP contribution >= 0.6 is 0 Å². The minimum Gasteiger partial charge on any atom is -0.371 e. The minimum absolute atomic E-state index is 0.410. The van der Waals surface area contributed by atoms with Crippen molar-refractivity contribution in [2.75, 3.05) is 25.0 Å². The molecule has 0 aliphatic carbocycles. The average Bonchev–Trinajstić information content (AvgIpc) is 2.77. The average molecular weight is 280 g/mol. The van der Waals surface area contributed by atoms with Crippen molar-refractivity contribution < 1.29 is 0 Å². The van der Waals surface area contributed by atoms with Gasteiger partial charge in [0.1, 0.15) is 0 Å². The smallest absolute Gasteiger partial charge is 0.0366 e. The second kappa shape index (κ2) is 6.31. The number of fused-ring (bicyclic) bond motifs is 1. The quantitative estimate of drug-likeness (QED) is 0.924. The first-order chi connectivity index (χ1) is 10.3. The van der Waals surface area contributed by atoms with Crippen molar-refractivity contribution in [2.24, 2.45) is 0 Å². The molecule has 1 unspecified atom stereocenters. The zero-order valence-corrected chi connectivity index (χ0v) is 13.0. The highest BCUT2D eigenvalue weighted by Crippen LogP contribution is 2.23. The van der Waals surface area contributed by atoms with Crippen LogP contribution < -0.4 is 10.2 Å². The number of benzene rings is 2. The molecule has 1 heterocycles. The second-order valence-electron chi connectivity index (χ2n) is 5.86. The van der Waals surface area contributed by atoms with Crippen LogP contribution in [0.2, 0.25) is 0 Å². The van der Waals surface area contributed by atoms with E-state index in [9.17, 15) is 0 Å². The SMILES string of the molecule is CNC(C)c1ccc(N2CCc3ccccc3CC2)cc1. The van der Waals surface area contributed by atoms with Crippen LogP contribution in [0.5, 0.6) is 0 Å². The topological polar surface area (TPSA) is 15.3 Å². The van der Waals surface area contributed by atoms with E-state index in [1.807, 2.05) is 7.05 Å². The monoisotopic (exact) mass is 280 g/mol. The van der Waals surface area contributed by atoms with E-state index in [0.717, 1.165) is 25.9 Å². The summed E-state index contributed by atoms with van der Waals surface area (Å²) in [5.41, 5.74) is 5.72. The highest BCUT2D eigenvalue weighted by molar-refractivity contribution is 5.49. The number of hydrogen-bond acceptors (Lipinski definition) is 2. The summed E-state index contributed by atoms with van der Waals surface area (Å²) >= 11 is 0. The van der Waals surface area contributed by atoms with Crippen molar-refractivity contribution in [1.29, 1.82) is 0 Å². The normalized spacial score (nSPS) is 16.2. The minimum atomic E-state index is 0.410. The Labute approximate surface area is 127 Å². The summed E-state index contributed by atoms with van der Waals surface area (Å²) in [5, 5.41) is 3.29. The maximum Gasteiger partial charge on any atom is 0.0366 e. The molecule has 2 aromatic rings. The molecule has 1 N–H and O–H groups in total. The highest BCUT2D eigenvalue weighted by Gasteiger charge is 2.14. The first kappa shape index (κ1) is 14.2. The lowest BCUT2D eigenvalue weighted by atomic mass is 10.0. The molecule has 1 aliphatic heterocycles. The Bertz CT molecular complexity index is 562. The third kappa shape index (κ3) is 3.11. The molecular formula is C19H24N2. The number of rotatable bonds is 3. The predicted octanol–water partition coefficient (Wildman–Crippen LogP) is 3.57. The summed E-state index contributed by atoms with van der Waals surface area (Å²) in [7, 11) is 2.00. The molecular weight excluding hydrogens is 256 g/mol. The molecule has 0 spiro atoms. The Morgan fingerprint density at radius 1 is 0.905 bits per heavy atom. The van der Waals surface area contributed by atoms with E-state index in [-0.39, 0.29) is 0 Å². The van der Waals surface area contributed by atoms with Crippen LogP contribution in [0.1, 0.15) is 29.7 Å². The van der Waals surface area contributed by atoms with Crippen LogP contribution in [0.4, 0.5) is 5.69 Å². The number of nitrogens with zero attached hydrogens (tertiary/aromatic N) is 1. The van der Waals surface area contributed by atoms with Crippen LogP contribution in [-0.2, 0) is 12.8 Å². The van der Waals surface area contributed by atoms with Crippen LogP contribution in [-0.4, -0.2) is 20.1 Å². The van der Waals surface area contributed by atoms with Crippen molar-refractivity contribution >= 4 is 5.69 Å². The molecule has 21 heavy (non-hydrogen) atoms.